The first-order chi connectivity index (χ1) is 10.1. The van der Waals surface area contributed by atoms with Gasteiger partial charge in [0.15, 0.2) is 0 Å². The van der Waals surface area contributed by atoms with Crippen molar-refractivity contribution in [2.75, 3.05) is 19.6 Å². The maximum Gasteiger partial charge on any atom is 0.127 e. The van der Waals surface area contributed by atoms with E-state index in [-0.39, 0.29) is 11.6 Å². The third kappa shape index (κ3) is 3.67. The molecule has 0 bridgehead atoms. The zero-order valence-corrected chi connectivity index (χ0v) is 14.2. The number of aryl methyl sites for hydroxylation is 1. The lowest BCUT2D eigenvalue weighted by molar-refractivity contribution is 0.0569. The fourth-order valence-corrected chi connectivity index (χ4v) is 3.45. The fraction of sp³-hybridized carbons (Fsp3) is 0.824. The Balaban J connectivity index is 2.25. The SMILES string of the molecule is CCCNC(c1nccn1CC)C(C)(C)N1CCCCC1. The van der Waals surface area contributed by atoms with Gasteiger partial charge in [-0.1, -0.05) is 13.3 Å². The number of aromatic nitrogens is 2. The molecule has 1 aliphatic heterocycles. The highest BCUT2D eigenvalue weighted by Crippen LogP contribution is 2.32. The number of piperidine rings is 1. The molecule has 2 rings (SSSR count). The van der Waals surface area contributed by atoms with Gasteiger partial charge >= 0.3 is 0 Å². The Morgan fingerprint density at radius 2 is 1.95 bits per heavy atom. The molecule has 0 spiro atoms. The quantitative estimate of drug-likeness (QED) is 0.838. The molecule has 0 aromatic carbocycles. The summed E-state index contributed by atoms with van der Waals surface area (Å²) >= 11 is 0. The van der Waals surface area contributed by atoms with Crippen molar-refractivity contribution in [2.45, 2.75) is 71.5 Å². The van der Waals surface area contributed by atoms with Crippen LogP contribution in [-0.4, -0.2) is 39.6 Å². The summed E-state index contributed by atoms with van der Waals surface area (Å²) in [5.74, 6) is 1.18. The summed E-state index contributed by atoms with van der Waals surface area (Å²) in [5, 5.41) is 3.76. The summed E-state index contributed by atoms with van der Waals surface area (Å²) in [4.78, 5) is 7.33. The van der Waals surface area contributed by atoms with Gasteiger partial charge in [0.25, 0.3) is 0 Å². The third-order valence-corrected chi connectivity index (χ3v) is 4.82. The molecule has 0 saturated carbocycles. The van der Waals surface area contributed by atoms with E-state index in [0.717, 1.165) is 19.5 Å². The molecular weight excluding hydrogens is 260 g/mol. The normalized spacial score (nSPS) is 18.9. The zero-order chi connectivity index (χ0) is 15.3. The molecule has 1 aromatic heterocycles. The summed E-state index contributed by atoms with van der Waals surface area (Å²) in [6.45, 7) is 13.6. The maximum absolute atomic E-state index is 4.68. The zero-order valence-electron chi connectivity index (χ0n) is 14.2. The van der Waals surface area contributed by atoms with Crippen LogP contribution in [-0.2, 0) is 6.54 Å². The van der Waals surface area contributed by atoms with E-state index in [2.05, 4.69) is 53.7 Å². The molecule has 0 radical (unpaired) electrons. The molecule has 1 unspecified atom stereocenters. The minimum Gasteiger partial charge on any atom is -0.334 e. The molecule has 1 aliphatic rings. The highest BCUT2D eigenvalue weighted by molar-refractivity contribution is 5.09. The summed E-state index contributed by atoms with van der Waals surface area (Å²) in [6.07, 6.45) is 9.22. The monoisotopic (exact) mass is 292 g/mol. The molecule has 1 fully saturated rings. The van der Waals surface area contributed by atoms with Crippen LogP contribution in [0.1, 0.15) is 65.2 Å². The lowest BCUT2D eigenvalue weighted by Crippen LogP contribution is -2.55. The van der Waals surface area contributed by atoms with Gasteiger partial charge in [-0.2, -0.15) is 0 Å². The predicted octanol–water partition coefficient (Wildman–Crippen LogP) is 3.21. The molecule has 4 nitrogen and oxygen atoms in total. The topological polar surface area (TPSA) is 33.1 Å². The van der Waals surface area contributed by atoms with E-state index in [1.807, 2.05) is 6.20 Å². The molecule has 2 heterocycles. The van der Waals surface area contributed by atoms with Gasteiger partial charge in [-0.05, 0) is 59.7 Å². The maximum atomic E-state index is 4.68. The predicted molar refractivity (Wildman–Crippen MR) is 88.4 cm³/mol. The molecule has 1 aromatic rings. The van der Waals surface area contributed by atoms with Gasteiger partial charge in [0.1, 0.15) is 5.82 Å². The average Bonchev–Trinajstić information content (AvgIpc) is 2.96. The van der Waals surface area contributed by atoms with Crippen LogP contribution in [0.5, 0.6) is 0 Å². The molecule has 0 aliphatic carbocycles. The summed E-state index contributed by atoms with van der Waals surface area (Å²) in [7, 11) is 0. The Bertz CT molecular complexity index is 418. The molecule has 21 heavy (non-hydrogen) atoms. The van der Waals surface area contributed by atoms with Crippen molar-refractivity contribution >= 4 is 0 Å². The van der Waals surface area contributed by atoms with Crippen LogP contribution in [0.15, 0.2) is 12.4 Å². The lowest BCUT2D eigenvalue weighted by Gasteiger charge is -2.46. The summed E-state index contributed by atoms with van der Waals surface area (Å²) < 4.78 is 2.28. The summed E-state index contributed by atoms with van der Waals surface area (Å²) in [5.41, 5.74) is 0.0911. The van der Waals surface area contributed by atoms with E-state index in [9.17, 15) is 0 Å². The Labute approximate surface area is 129 Å². The molecular formula is C17H32N4. The van der Waals surface area contributed by atoms with Crippen LogP contribution in [0.3, 0.4) is 0 Å². The van der Waals surface area contributed by atoms with Crippen molar-refractivity contribution in [1.29, 1.82) is 0 Å². The highest BCUT2D eigenvalue weighted by Gasteiger charge is 2.38. The largest absolute Gasteiger partial charge is 0.334 e. The number of nitrogens with one attached hydrogen (secondary N) is 1. The smallest absolute Gasteiger partial charge is 0.127 e. The Morgan fingerprint density at radius 1 is 1.24 bits per heavy atom. The Hall–Kier alpha value is -0.870. The van der Waals surface area contributed by atoms with Crippen molar-refractivity contribution < 1.29 is 0 Å². The van der Waals surface area contributed by atoms with Crippen molar-refractivity contribution in [3.8, 4) is 0 Å². The molecule has 0 amide bonds. The van der Waals surface area contributed by atoms with Crippen LogP contribution in [0, 0.1) is 0 Å². The van der Waals surface area contributed by atoms with Crippen molar-refractivity contribution in [3.05, 3.63) is 18.2 Å². The first-order valence-electron chi connectivity index (χ1n) is 8.60. The number of hydrogen-bond donors (Lipinski definition) is 1. The van der Waals surface area contributed by atoms with Gasteiger partial charge in [0, 0.05) is 24.5 Å². The van der Waals surface area contributed by atoms with Gasteiger partial charge in [0.05, 0.1) is 6.04 Å². The van der Waals surface area contributed by atoms with Crippen LogP contribution < -0.4 is 5.32 Å². The molecule has 4 heteroatoms. The van der Waals surface area contributed by atoms with Gasteiger partial charge in [0.2, 0.25) is 0 Å². The molecule has 120 valence electrons. The number of hydrogen-bond acceptors (Lipinski definition) is 3. The van der Waals surface area contributed by atoms with Crippen molar-refractivity contribution in [2.24, 2.45) is 0 Å². The van der Waals surface area contributed by atoms with Crippen molar-refractivity contribution in [3.63, 3.8) is 0 Å². The minimum atomic E-state index is 0.0911. The van der Waals surface area contributed by atoms with E-state index >= 15 is 0 Å². The van der Waals surface area contributed by atoms with Gasteiger partial charge in [-0.15, -0.1) is 0 Å². The van der Waals surface area contributed by atoms with Gasteiger partial charge in [-0.3, -0.25) is 4.90 Å². The molecule has 1 saturated heterocycles. The van der Waals surface area contributed by atoms with E-state index < -0.39 is 0 Å². The van der Waals surface area contributed by atoms with E-state index in [4.69, 9.17) is 0 Å². The number of rotatable bonds is 7. The highest BCUT2D eigenvalue weighted by atomic mass is 15.2. The van der Waals surface area contributed by atoms with Gasteiger partial charge < -0.3 is 9.88 Å². The van der Waals surface area contributed by atoms with Gasteiger partial charge in [-0.25, -0.2) is 4.98 Å². The Morgan fingerprint density at radius 3 is 2.57 bits per heavy atom. The first-order valence-corrected chi connectivity index (χ1v) is 8.60. The minimum absolute atomic E-state index is 0.0911. The van der Waals surface area contributed by atoms with E-state index in [1.54, 1.807) is 0 Å². The lowest BCUT2D eigenvalue weighted by atomic mass is 9.89. The van der Waals surface area contributed by atoms with Crippen molar-refractivity contribution in [1.82, 2.24) is 19.8 Å². The average molecular weight is 292 g/mol. The Kier molecular flexibility index (Phi) is 5.82. The first kappa shape index (κ1) is 16.5. The second kappa shape index (κ2) is 7.41. The summed E-state index contributed by atoms with van der Waals surface area (Å²) in [6, 6.07) is 0.283. The van der Waals surface area contributed by atoms with Crippen LogP contribution in [0.2, 0.25) is 0 Å². The van der Waals surface area contributed by atoms with E-state index in [1.165, 1.54) is 38.2 Å². The second-order valence-electron chi connectivity index (χ2n) is 6.66. The number of likely N-dealkylation sites (tertiary alicyclic amines) is 1. The number of nitrogens with zero attached hydrogens (tertiary/aromatic N) is 3. The number of imidazole rings is 1. The van der Waals surface area contributed by atoms with Crippen LogP contribution >= 0.6 is 0 Å². The van der Waals surface area contributed by atoms with Crippen LogP contribution in [0.4, 0.5) is 0 Å². The molecule has 1 atom stereocenters. The van der Waals surface area contributed by atoms with Crippen LogP contribution in [0.25, 0.3) is 0 Å². The molecule has 1 N–H and O–H groups in total. The third-order valence-electron chi connectivity index (χ3n) is 4.82. The standard InChI is InChI=1S/C17H32N4/c1-5-10-18-15(16-19-11-14-20(16)6-2)17(3,4)21-12-8-7-9-13-21/h11,14-15,18H,5-10,12-13H2,1-4H3. The second-order valence-corrected chi connectivity index (χ2v) is 6.66. The van der Waals surface area contributed by atoms with E-state index in [0.29, 0.717) is 0 Å². The fourth-order valence-electron chi connectivity index (χ4n) is 3.45.